The van der Waals surface area contributed by atoms with Gasteiger partial charge in [-0.3, -0.25) is 4.98 Å². The van der Waals surface area contributed by atoms with Gasteiger partial charge in [0.1, 0.15) is 0 Å². The molecule has 0 amide bonds. The topological polar surface area (TPSA) is 45.1 Å². The molecule has 0 spiro atoms. The summed E-state index contributed by atoms with van der Waals surface area (Å²) < 4.78 is 0. The molecule has 1 aliphatic rings. The second kappa shape index (κ2) is 4.34. The van der Waals surface area contributed by atoms with Crippen LogP contribution in [0.4, 0.5) is 5.69 Å². The SMILES string of the molecule is O[C@H]1CCC[C@H]1Nc1ccnc2ccccc12. The molecule has 88 valence electrons. The summed E-state index contributed by atoms with van der Waals surface area (Å²) in [4.78, 5) is 4.33. The van der Waals surface area contributed by atoms with Crippen molar-refractivity contribution in [3.05, 3.63) is 36.5 Å². The average molecular weight is 228 g/mol. The van der Waals surface area contributed by atoms with Crippen LogP contribution in [0.5, 0.6) is 0 Å². The summed E-state index contributed by atoms with van der Waals surface area (Å²) >= 11 is 0. The standard InChI is InChI=1S/C14H16N2O/c17-14-7-3-6-13(14)16-12-8-9-15-11-5-2-1-4-10(11)12/h1-2,4-5,8-9,13-14,17H,3,6-7H2,(H,15,16)/t13-,14+/m1/s1. The summed E-state index contributed by atoms with van der Waals surface area (Å²) in [7, 11) is 0. The number of nitrogens with one attached hydrogen (secondary N) is 1. The molecule has 2 atom stereocenters. The van der Waals surface area contributed by atoms with Crippen molar-refractivity contribution in [2.45, 2.75) is 31.4 Å². The number of fused-ring (bicyclic) bond motifs is 1. The Morgan fingerprint density at radius 2 is 2.06 bits per heavy atom. The summed E-state index contributed by atoms with van der Waals surface area (Å²) in [5.74, 6) is 0. The van der Waals surface area contributed by atoms with E-state index in [-0.39, 0.29) is 12.1 Å². The van der Waals surface area contributed by atoms with Gasteiger partial charge in [-0.15, -0.1) is 0 Å². The molecule has 2 N–H and O–H groups in total. The Kier molecular flexibility index (Phi) is 2.69. The number of pyridine rings is 1. The molecule has 17 heavy (non-hydrogen) atoms. The van der Waals surface area contributed by atoms with Crippen LogP contribution in [0.2, 0.25) is 0 Å². The lowest BCUT2D eigenvalue weighted by Crippen LogP contribution is -2.27. The lowest BCUT2D eigenvalue weighted by atomic mass is 10.1. The normalized spacial score (nSPS) is 24.1. The molecular weight excluding hydrogens is 212 g/mol. The zero-order valence-electron chi connectivity index (χ0n) is 9.63. The third-order valence-electron chi connectivity index (χ3n) is 3.47. The van der Waals surface area contributed by atoms with Gasteiger partial charge in [-0.1, -0.05) is 18.2 Å². The van der Waals surface area contributed by atoms with Gasteiger partial charge >= 0.3 is 0 Å². The van der Waals surface area contributed by atoms with Gasteiger partial charge < -0.3 is 10.4 Å². The van der Waals surface area contributed by atoms with E-state index in [1.54, 1.807) is 0 Å². The highest BCUT2D eigenvalue weighted by Gasteiger charge is 2.25. The number of anilines is 1. The van der Waals surface area contributed by atoms with Crippen molar-refractivity contribution >= 4 is 16.6 Å². The van der Waals surface area contributed by atoms with Crippen molar-refractivity contribution in [1.82, 2.24) is 4.98 Å². The molecule has 0 radical (unpaired) electrons. The van der Waals surface area contributed by atoms with Gasteiger partial charge in [-0.05, 0) is 31.4 Å². The number of aromatic nitrogens is 1. The van der Waals surface area contributed by atoms with E-state index >= 15 is 0 Å². The van der Waals surface area contributed by atoms with Crippen LogP contribution in [-0.4, -0.2) is 22.2 Å². The van der Waals surface area contributed by atoms with Gasteiger partial charge in [0.15, 0.2) is 0 Å². The molecule has 1 aromatic carbocycles. The molecule has 1 fully saturated rings. The molecule has 3 heteroatoms. The molecule has 0 aliphatic heterocycles. The van der Waals surface area contributed by atoms with Crippen LogP contribution in [0, 0.1) is 0 Å². The molecule has 3 rings (SSSR count). The number of benzene rings is 1. The average Bonchev–Trinajstić information content (AvgIpc) is 2.76. The number of rotatable bonds is 2. The molecule has 1 saturated carbocycles. The van der Waals surface area contributed by atoms with Gasteiger partial charge in [0, 0.05) is 17.3 Å². The minimum absolute atomic E-state index is 0.181. The third kappa shape index (κ3) is 1.98. The van der Waals surface area contributed by atoms with Crippen molar-refractivity contribution in [3.63, 3.8) is 0 Å². The Bertz CT molecular complexity index is 521. The lowest BCUT2D eigenvalue weighted by molar-refractivity contribution is 0.172. The molecule has 0 saturated heterocycles. The summed E-state index contributed by atoms with van der Waals surface area (Å²) in [6.07, 6.45) is 4.63. The maximum atomic E-state index is 9.84. The van der Waals surface area contributed by atoms with E-state index < -0.39 is 0 Å². The van der Waals surface area contributed by atoms with Gasteiger partial charge in [-0.2, -0.15) is 0 Å². The van der Waals surface area contributed by atoms with E-state index in [9.17, 15) is 5.11 Å². The molecule has 1 aromatic heterocycles. The molecule has 3 nitrogen and oxygen atoms in total. The fraction of sp³-hybridized carbons (Fsp3) is 0.357. The summed E-state index contributed by atoms with van der Waals surface area (Å²) in [6, 6.07) is 10.2. The predicted molar refractivity (Wildman–Crippen MR) is 69.0 cm³/mol. The van der Waals surface area contributed by atoms with Crippen LogP contribution >= 0.6 is 0 Å². The minimum Gasteiger partial charge on any atom is -0.391 e. The fourth-order valence-corrected chi connectivity index (χ4v) is 2.53. The highest BCUT2D eigenvalue weighted by atomic mass is 16.3. The van der Waals surface area contributed by atoms with E-state index in [2.05, 4.69) is 16.4 Å². The monoisotopic (exact) mass is 228 g/mol. The fourth-order valence-electron chi connectivity index (χ4n) is 2.53. The Balaban J connectivity index is 1.94. The Morgan fingerprint density at radius 1 is 1.18 bits per heavy atom. The number of para-hydroxylation sites is 1. The highest BCUT2D eigenvalue weighted by Crippen LogP contribution is 2.26. The maximum Gasteiger partial charge on any atom is 0.0741 e. The van der Waals surface area contributed by atoms with Crippen molar-refractivity contribution in [2.75, 3.05) is 5.32 Å². The first-order valence-electron chi connectivity index (χ1n) is 6.13. The number of aliphatic hydroxyl groups excluding tert-OH is 1. The number of hydrogen-bond acceptors (Lipinski definition) is 3. The predicted octanol–water partition coefficient (Wildman–Crippen LogP) is 2.56. The Hall–Kier alpha value is -1.61. The van der Waals surface area contributed by atoms with E-state index in [1.165, 1.54) is 0 Å². The largest absolute Gasteiger partial charge is 0.391 e. The van der Waals surface area contributed by atoms with E-state index in [0.717, 1.165) is 35.9 Å². The zero-order valence-corrected chi connectivity index (χ0v) is 9.63. The van der Waals surface area contributed by atoms with Crippen molar-refractivity contribution in [2.24, 2.45) is 0 Å². The molecule has 1 aliphatic carbocycles. The van der Waals surface area contributed by atoms with E-state index in [1.807, 2.05) is 30.5 Å². The molecule has 0 bridgehead atoms. The molecular formula is C14H16N2O. The van der Waals surface area contributed by atoms with Crippen LogP contribution in [0.15, 0.2) is 36.5 Å². The number of aliphatic hydroxyl groups is 1. The Labute approximate surface area is 100 Å². The first kappa shape index (κ1) is 10.5. The van der Waals surface area contributed by atoms with Crippen LogP contribution in [0.1, 0.15) is 19.3 Å². The van der Waals surface area contributed by atoms with Gasteiger partial charge in [0.2, 0.25) is 0 Å². The van der Waals surface area contributed by atoms with Crippen LogP contribution in [0.3, 0.4) is 0 Å². The van der Waals surface area contributed by atoms with Crippen LogP contribution in [0.25, 0.3) is 10.9 Å². The maximum absolute atomic E-state index is 9.84. The molecule has 2 aromatic rings. The zero-order chi connectivity index (χ0) is 11.7. The first-order valence-corrected chi connectivity index (χ1v) is 6.13. The minimum atomic E-state index is -0.220. The van der Waals surface area contributed by atoms with Crippen LogP contribution < -0.4 is 5.32 Å². The summed E-state index contributed by atoms with van der Waals surface area (Å²) in [5.41, 5.74) is 2.06. The van der Waals surface area contributed by atoms with Crippen LogP contribution in [-0.2, 0) is 0 Å². The second-order valence-electron chi connectivity index (χ2n) is 4.62. The Morgan fingerprint density at radius 3 is 2.88 bits per heavy atom. The summed E-state index contributed by atoms with van der Waals surface area (Å²) in [6.45, 7) is 0. The number of nitrogens with zero attached hydrogens (tertiary/aromatic N) is 1. The smallest absolute Gasteiger partial charge is 0.0741 e. The number of hydrogen-bond donors (Lipinski definition) is 2. The van der Waals surface area contributed by atoms with Crippen molar-refractivity contribution < 1.29 is 5.11 Å². The lowest BCUT2D eigenvalue weighted by Gasteiger charge is -2.18. The molecule has 1 heterocycles. The third-order valence-corrected chi connectivity index (χ3v) is 3.47. The second-order valence-corrected chi connectivity index (χ2v) is 4.62. The van der Waals surface area contributed by atoms with E-state index in [0.29, 0.717) is 0 Å². The summed E-state index contributed by atoms with van der Waals surface area (Å²) in [5, 5.41) is 14.4. The van der Waals surface area contributed by atoms with Crippen molar-refractivity contribution in [1.29, 1.82) is 0 Å². The molecule has 0 unspecified atom stereocenters. The van der Waals surface area contributed by atoms with Crippen molar-refractivity contribution in [3.8, 4) is 0 Å². The first-order chi connectivity index (χ1) is 8.34. The quantitative estimate of drug-likeness (QED) is 0.830. The van der Waals surface area contributed by atoms with Gasteiger partial charge in [0.25, 0.3) is 0 Å². The van der Waals surface area contributed by atoms with Gasteiger partial charge in [0.05, 0.1) is 17.7 Å². The van der Waals surface area contributed by atoms with E-state index in [4.69, 9.17) is 0 Å². The highest BCUT2D eigenvalue weighted by molar-refractivity contribution is 5.90. The van der Waals surface area contributed by atoms with Gasteiger partial charge in [-0.25, -0.2) is 0 Å².